The Bertz CT molecular complexity index is 961. The molecule has 2 aromatic carbocycles. The summed E-state index contributed by atoms with van der Waals surface area (Å²) in [6.07, 6.45) is 0. The van der Waals surface area contributed by atoms with Crippen molar-refractivity contribution in [1.29, 1.82) is 0 Å². The van der Waals surface area contributed by atoms with E-state index in [1.807, 2.05) is 0 Å². The van der Waals surface area contributed by atoms with Crippen LogP contribution in [0.1, 0.15) is 0 Å². The van der Waals surface area contributed by atoms with Crippen molar-refractivity contribution in [3.8, 4) is 28.6 Å². The summed E-state index contributed by atoms with van der Waals surface area (Å²) in [6.45, 7) is 0.141. The van der Waals surface area contributed by atoms with Crippen molar-refractivity contribution < 1.29 is 19.0 Å². The zero-order valence-electron chi connectivity index (χ0n) is 11.1. The van der Waals surface area contributed by atoms with Crippen LogP contribution in [0, 0.1) is 0 Å². The third kappa shape index (κ3) is 1.90. The minimum Gasteiger partial charge on any atom is -0.502 e. The van der Waals surface area contributed by atoms with Gasteiger partial charge in [-0.05, 0) is 30.3 Å². The molecule has 4 rings (SSSR count). The average molecular weight is 317 g/mol. The molecule has 5 nitrogen and oxygen atoms in total. The lowest BCUT2D eigenvalue weighted by Crippen LogP contribution is -2.02. The van der Waals surface area contributed by atoms with E-state index in [0.29, 0.717) is 27.7 Å². The summed E-state index contributed by atoms with van der Waals surface area (Å²) in [5.41, 5.74) is 0.314. The van der Waals surface area contributed by atoms with Crippen molar-refractivity contribution >= 4 is 22.6 Å². The first-order valence-electron chi connectivity index (χ1n) is 6.49. The van der Waals surface area contributed by atoms with Crippen LogP contribution < -0.4 is 14.9 Å². The van der Waals surface area contributed by atoms with Gasteiger partial charge in [-0.1, -0.05) is 11.6 Å². The smallest absolute Gasteiger partial charge is 0.235 e. The standard InChI is InChI=1S/C16H9ClO5/c17-9-2-3-10-12(6-9)22-16(15(19)14(10)18)8-1-4-11-13(5-8)21-7-20-11/h1-6,19H,7H2. The Labute approximate surface area is 129 Å². The van der Waals surface area contributed by atoms with E-state index in [1.165, 1.54) is 12.1 Å². The molecule has 0 amide bonds. The van der Waals surface area contributed by atoms with Crippen LogP contribution in [-0.2, 0) is 0 Å². The van der Waals surface area contributed by atoms with Gasteiger partial charge in [0.15, 0.2) is 17.3 Å². The summed E-state index contributed by atoms with van der Waals surface area (Å²) in [4.78, 5) is 12.3. The van der Waals surface area contributed by atoms with Gasteiger partial charge in [-0.15, -0.1) is 0 Å². The molecule has 1 aromatic heterocycles. The summed E-state index contributed by atoms with van der Waals surface area (Å²) in [5.74, 6) is 0.756. The van der Waals surface area contributed by atoms with Crippen LogP contribution in [0.5, 0.6) is 17.2 Å². The van der Waals surface area contributed by atoms with E-state index in [2.05, 4.69) is 0 Å². The zero-order valence-corrected chi connectivity index (χ0v) is 11.9. The highest BCUT2D eigenvalue weighted by atomic mass is 35.5. The van der Waals surface area contributed by atoms with Crippen molar-refractivity contribution in [2.24, 2.45) is 0 Å². The average Bonchev–Trinajstić information content (AvgIpc) is 2.98. The molecule has 0 atom stereocenters. The fourth-order valence-electron chi connectivity index (χ4n) is 2.39. The predicted octanol–water partition coefficient (Wildman–Crippen LogP) is 3.55. The van der Waals surface area contributed by atoms with Crippen molar-refractivity contribution in [3.63, 3.8) is 0 Å². The summed E-state index contributed by atoms with van der Waals surface area (Å²) in [5, 5.41) is 10.9. The molecule has 6 heteroatoms. The fraction of sp³-hybridized carbons (Fsp3) is 0.0625. The summed E-state index contributed by atoms with van der Waals surface area (Å²) in [6, 6.07) is 9.65. The van der Waals surface area contributed by atoms with Crippen molar-refractivity contribution in [2.45, 2.75) is 0 Å². The maximum atomic E-state index is 12.3. The third-order valence-electron chi connectivity index (χ3n) is 3.47. The molecule has 0 spiro atoms. The lowest BCUT2D eigenvalue weighted by molar-refractivity contribution is 0.174. The van der Waals surface area contributed by atoms with Crippen LogP contribution >= 0.6 is 11.6 Å². The Morgan fingerprint density at radius 2 is 1.86 bits per heavy atom. The van der Waals surface area contributed by atoms with Gasteiger partial charge in [0.2, 0.25) is 18.0 Å². The first-order chi connectivity index (χ1) is 10.6. The number of aromatic hydroxyl groups is 1. The highest BCUT2D eigenvalue weighted by Crippen LogP contribution is 2.38. The Morgan fingerprint density at radius 1 is 1.05 bits per heavy atom. The van der Waals surface area contributed by atoms with E-state index >= 15 is 0 Å². The number of ether oxygens (including phenoxy) is 2. The van der Waals surface area contributed by atoms with E-state index < -0.39 is 11.2 Å². The molecule has 0 bridgehead atoms. The zero-order chi connectivity index (χ0) is 15.3. The van der Waals surface area contributed by atoms with E-state index in [9.17, 15) is 9.90 Å². The monoisotopic (exact) mass is 316 g/mol. The quantitative estimate of drug-likeness (QED) is 0.743. The minimum absolute atomic E-state index is 0.0677. The number of halogens is 1. The van der Waals surface area contributed by atoms with Crippen molar-refractivity contribution in [1.82, 2.24) is 0 Å². The number of rotatable bonds is 1. The summed E-state index contributed by atoms with van der Waals surface area (Å²) in [7, 11) is 0. The van der Waals surface area contributed by atoms with Gasteiger partial charge >= 0.3 is 0 Å². The molecule has 0 unspecified atom stereocenters. The second-order valence-corrected chi connectivity index (χ2v) is 5.25. The van der Waals surface area contributed by atoms with Crippen LogP contribution in [0.2, 0.25) is 5.02 Å². The van der Waals surface area contributed by atoms with Gasteiger partial charge in [0, 0.05) is 16.7 Å². The Kier molecular flexibility index (Phi) is 2.77. The summed E-state index contributed by atoms with van der Waals surface area (Å²) >= 11 is 5.92. The van der Waals surface area contributed by atoms with Gasteiger partial charge in [-0.25, -0.2) is 0 Å². The molecule has 1 aliphatic heterocycles. The molecule has 110 valence electrons. The van der Waals surface area contributed by atoms with Crippen molar-refractivity contribution in [3.05, 3.63) is 51.6 Å². The first-order valence-corrected chi connectivity index (χ1v) is 6.86. The molecule has 1 aliphatic rings. The van der Waals surface area contributed by atoms with Gasteiger partial charge in [-0.2, -0.15) is 0 Å². The molecular weight excluding hydrogens is 308 g/mol. The highest BCUT2D eigenvalue weighted by Gasteiger charge is 2.19. The summed E-state index contributed by atoms with van der Waals surface area (Å²) < 4.78 is 16.2. The Balaban J connectivity index is 1.98. The number of fused-ring (bicyclic) bond motifs is 2. The SMILES string of the molecule is O=c1c(O)c(-c2ccc3c(c2)OCO3)oc2cc(Cl)ccc12. The van der Waals surface area contributed by atoms with E-state index in [0.717, 1.165) is 0 Å². The largest absolute Gasteiger partial charge is 0.502 e. The predicted molar refractivity (Wildman–Crippen MR) is 80.7 cm³/mol. The van der Waals surface area contributed by atoms with Crippen LogP contribution in [0.3, 0.4) is 0 Å². The van der Waals surface area contributed by atoms with Gasteiger partial charge in [0.1, 0.15) is 5.58 Å². The lowest BCUT2D eigenvalue weighted by Gasteiger charge is -2.07. The topological polar surface area (TPSA) is 68.9 Å². The van der Waals surface area contributed by atoms with Gasteiger partial charge < -0.3 is 19.0 Å². The molecule has 2 heterocycles. The molecule has 3 aromatic rings. The number of hydrogen-bond donors (Lipinski definition) is 1. The van der Waals surface area contributed by atoms with Gasteiger partial charge in [0.05, 0.1) is 5.39 Å². The first kappa shape index (κ1) is 13.0. The van der Waals surface area contributed by atoms with Crippen LogP contribution in [0.4, 0.5) is 0 Å². The van der Waals surface area contributed by atoms with E-state index in [1.54, 1.807) is 24.3 Å². The Hall–Kier alpha value is -2.66. The molecule has 0 radical (unpaired) electrons. The number of benzene rings is 2. The maximum Gasteiger partial charge on any atom is 0.235 e. The molecule has 0 saturated heterocycles. The van der Waals surface area contributed by atoms with Crippen LogP contribution in [-0.4, -0.2) is 11.9 Å². The third-order valence-corrected chi connectivity index (χ3v) is 3.70. The van der Waals surface area contributed by atoms with Crippen molar-refractivity contribution in [2.75, 3.05) is 6.79 Å². The molecule has 22 heavy (non-hydrogen) atoms. The van der Waals surface area contributed by atoms with Gasteiger partial charge in [-0.3, -0.25) is 4.79 Å². The molecule has 0 aliphatic carbocycles. The van der Waals surface area contributed by atoms with E-state index in [4.69, 9.17) is 25.5 Å². The number of hydrogen-bond acceptors (Lipinski definition) is 5. The van der Waals surface area contributed by atoms with Crippen LogP contribution in [0.15, 0.2) is 45.6 Å². The lowest BCUT2D eigenvalue weighted by atomic mass is 10.1. The second-order valence-electron chi connectivity index (χ2n) is 4.82. The maximum absolute atomic E-state index is 12.3. The normalized spacial score (nSPS) is 12.8. The molecular formula is C16H9ClO5. The molecule has 0 saturated carbocycles. The highest BCUT2D eigenvalue weighted by molar-refractivity contribution is 6.31. The Morgan fingerprint density at radius 3 is 2.73 bits per heavy atom. The molecule has 0 fully saturated rings. The minimum atomic E-state index is -0.509. The second kappa shape index (κ2) is 4.68. The van der Waals surface area contributed by atoms with E-state index in [-0.39, 0.29) is 17.9 Å². The molecule has 1 N–H and O–H groups in total. The van der Waals surface area contributed by atoms with Gasteiger partial charge in [0.25, 0.3) is 0 Å². The van der Waals surface area contributed by atoms with Crippen LogP contribution in [0.25, 0.3) is 22.3 Å². The fourth-order valence-corrected chi connectivity index (χ4v) is 2.55.